The molecular weight excluding hydrogens is 379 g/mol. The zero-order chi connectivity index (χ0) is 19.7. The van der Waals surface area contributed by atoms with Gasteiger partial charge in [0.15, 0.2) is 0 Å². The third-order valence-corrected chi connectivity index (χ3v) is 7.02. The molecule has 4 nitrogen and oxygen atoms in total. The lowest BCUT2D eigenvalue weighted by Crippen LogP contribution is -2.45. The van der Waals surface area contributed by atoms with Crippen LogP contribution in [0.5, 0.6) is 0 Å². The van der Waals surface area contributed by atoms with Gasteiger partial charge in [0.25, 0.3) is 0 Å². The lowest BCUT2D eigenvalue weighted by molar-refractivity contribution is -0.126. The van der Waals surface area contributed by atoms with E-state index in [-0.39, 0.29) is 35.5 Å². The molecule has 0 atom stereocenters. The van der Waals surface area contributed by atoms with E-state index in [1.165, 1.54) is 6.07 Å². The first-order valence-electron chi connectivity index (χ1n) is 10.6. The highest BCUT2D eigenvalue weighted by Crippen LogP contribution is 2.37. The number of nitrogens with one attached hydrogen (secondary N) is 1. The van der Waals surface area contributed by atoms with Gasteiger partial charge in [0, 0.05) is 29.4 Å². The number of hydrogen-bond acceptors (Lipinski definition) is 2. The van der Waals surface area contributed by atoms with E-state index in [1.807, 2.05) is 0 Å². The van der Waals surface area contributed by atoms with E-state index in [0.717, 1.165) is 63.4 Å². The lowest BCUT2D eigenvalue weighted by Gasteiger charge is -2.35. The molecule has 0 saturated heterocycles. The highest BCUT2D eigenvalue weighted by Gasteiger charge is 2.35. The summed E-state index contributed by atoms with van der Waals surface area (Å²) in [6.45, 7) is 0.543. The number of amides is 2. The van der Waals surface area contributed by atoms with Crippen LogP contribution in [0.1, 0.15) is 63.4 Å². The fourth-order valence-corrected chi connectivity index (χ4v) is 5.32. The number of carbonyl (C=O) groups is 2. The molecule has 2 aliphatic carbocycles. The Kier molecular flexibility index (Phi) is 5.91. The second kappa shape index (κ2) is 8.40. The van der Waals surface area contributed by atoms with Crippen molar-refractivity contribution in [2.75, 3.05) is 11.4 Å². The summed E-state index contributed by atoms with van der Waals surface area (Å²) in [6, 6.07) is 3.08. The number of anilines is 1. The van der Waals surface area contributed by atoms with E-state index in [4.69, 9.17) is 11.6 Å². The fraction of sp³-hybridized carbons (Fsp3) is 0.636. The Labute approximate surface area is 170 Å². The third-order valence-electron chi connectivity index (χ3n) is 6.67. The summed E-state index contributed by atoms with van der Waals surface area (Å²) in [6.07, 6.45) is 8.91. The first kappa shape index (κ1) is 19.7. The van der Waals surface area contributed by atoms with Crippen molar-refractivity contribution in [2.45, 2.75) is 70.3 Å². The number of rotatable bonds is 3. The minimum atomic E-state index is -0.370. The fourth-order valence-electron chi connectivity index (χ4n) is 5.07. The van der Waals surface area contributed by atoms with Gasteiger partial charge in [-0.05, 0) is 69.1 Å². The minimum Gasteiger partial charge on any atom is -0.353 e. The maximum absolute atomic E-state index is 14.5. The van der Waals surface area contributed by atoms with Gasteiger partial charge in [-0.15, -0.1) is 0 Å². The van der Waals surface area contributed by atoms with Gasteiger partial charge in [0.05, 0.1) is 5.69 Å². The first-order chi connectivity index (χ1) is 13.5. The SMILES string of the molecule is O=C(NC1CCC(C(=O)N2CCCc3c(Cl)ccc(F)c32)CC1)C1CCCC1. The zero-order valence-corrected chi connectivity index (χ0v) is 16.9. The number of halogens is 2. The Bertz CT molecular complexity index is 755. The Morgan fingerprint density at radius 1 is 1.00 bits per heavy atom. The Morgan fingerprint density at radius 2 is 1.71 bits per heavy atom. The molecule has 0 bridgehead atoms. The van der Waals surface area contributed by atoms with Crippen LogP contribution < -0.4 is 10.2 Å². The second-order valence-corrected chi connectivity index (χ2v) is 8.90. The van der Waals surface area contributed by atoms with Crippen molar-refractivity contribution in [3.05, 3.63) is 28.5 Å². The molecule has 0 aromatic heterocycles. The molecule has 152 valence electrons. The van der Waals surface area contributed by atoms with Gasteiger partial charge in [-0.1, -0.05) is 24.4 Å². The van der Waals surface area contributed by atoms with E-state index >= 15 is 0 Å². The minimum absolute atomic E-state index is 0.00249. The van der Waals surface area contributed by atoms with E-state index in [0.29, 0.717) is 23.7 Å². The number of carbonyl (C=O) groups excluding carboxylic acids is 2. The molecule has 0 radical (unpaired) electrons. The maximum Gasteiger partial charge on any atom is 0.230 e. The van der Waals surface area contributed by atoms with Crippen molar-refractivity contribution >= 4 is 29.1 Å². The molecule has 2 amide bonds. The van der Waals surface area contributed by atoms with Crippen molar-refractivity contribution < 1.29 is 14.0 Å². The Hall–Kier alpha value is -1.62. The molecule has 4 rings (SSSR count). The number of fused-ring (bicyclic) bond motifs is 1. The molecule has 1 aliphatic heterocycles. The summed E-state index contributed by atoms with van der Waals surface area (Å²) in [5.41, 5.74) is 1.12. The zero-order valence-electron chi connectivity index (χ0n) is 16.2. The van der Waals surface area contributed by atoms with Crippen molar-refractivity contribution in [1.82, 2.24) is 5.32 Å². The Morgan fingerprint density at radius 3 is 2.43 bits per heavy atom. The van der Waals surface area contributed by atoms with Crippen LogP contribution in [-0.2, 0) is 16.0 Å². The predicted octanol–water partition coefficient (Wildman–Crippen LogP) is 4.62. The molecule has 1 N–H and O–H groups in total. The summed E-state index contributed by atoms with van der Waals surface area (Å²) in [7, 11) is 0. The molecule has 28 heavy (non-hydrogen) atoms. The average molecular weight is 407 g/mol. The van der Waals surface area contributed by atoms with E-state index in [9.17, 15) is 14.0 Å². The molecule has 6 heteroatoms. The van der Waals surface area contributed by atoms with Crippen LogP contribution in [0.2, 0.25) is 5.02 Å². The van der Waals surface area contributed by atoms with Crippen molar-refractivity contribution in [3.8, 4) is 0 Å². The highest BCUT2D eigenvalue weighted by atomic mass is 35.5. The van der Waals surface area contributed by atoms with Crippen molar-refractivity contribution in [3.63, 3.8) is 0 Å². The molecule has 3 aliphatic rings. The van der Waals surface area contributed by atoms with Crippen LogP contribution in [0.3, 0.4) is 0 Å². The molecule has 0 unspecified atom stereocenters. The molecule has 2 saturated carbocycles. The van der Waals surface area contributed by atoms with Gasteiger partial charge in [-0.2, -0.15) is 0 Å². The molecule has 2 fully saturated rings. The van der Waals surface area contributed by atoms with Crippen LogP contribution in [0.25, 0.3) is 0 Å². The van der Waals surface area contributed by atoms with Crippen molar-refractivity contribution in [1.29, 1.82) is 0 Å². The van der Waals surface area contributed by atoms with Crippen LogP contribution in [0, 0.1) is 17.7 Å². The predicted molar refractivity (Wildman–Crippen MR) is 108 cm³/mol. The van der Waals surface area contributed by atoms with Gasteiger partial charge >= 0.3 is 0 Å². The molecule has 1 aromatic rings. The summed E-state index contributed by atoms with van der Waals surface area (Å²) in [5, 5.41) is 3.73. The monoisotopic (exact) mass is 406 g/mol. The van der Waals surface area contributed by atoms with E-state index in [2.05, 4.69) is 5.32 Å². The maximum atomic E-state index is 14.5. The van der Waals surface area contributed by atoms with E-state index < -0.39 is 0 Å². The summed E-state index contributed by atoms with van der Waals surface area (Å²) in [4.78, 5) is 27.1. The first-order valence-corrected chi connectivity index (χ1v) is 11.0. The van der Waals surface area contributed by atoms with Gasteiger partial charge in [-0.3, -0.25) is 9.59 Å². The standard InChI is InChI=1S/C22H28ClFN2O2/c23-18-11-12-19(24)20-17(18)6-3-13-26(20)22(28)15-7-9-16(10-8-15)25-21(27)14-4-1-2-5-14/h11-12,14-16H,1-10,13H2,(H,25,27). The average Bonchev–Trinajstić information content (AvgIpc) is 3.25. The van der Waals surface area contributed by atoms with Gasteiger partial charge in [0.2, 0.25) is 11.8 Å². The van der Waals surface area contributed by atoms with Crippen LogP contribution in [0.15, 0.2) is 12.1 Å². The lowest BCUT2D eigenvalue weighted by atomic mass is 9.84. The summed E-state index contributed by atoms with van der Waals surface area (Å²) in [5.74, 6) is -0.109. The normalized spacial score (nSPS) is 25.4. The molecule has 0 spiro atoms. The number of nitrogens with zero attached hydrogens (tertiary/aromatic N) is 1. The van der Waals surface area contributed by atoms with Gasteiger partial charge in [0.1, 0.15) is 5.82 Å². The summed E-state index contributed by atoms with van der Waals surface area (Å²) >= 11 is 6.25. The number of hydrogen-bond donors (Lipinski definition) is 1. The van der Waals surface area contributed by atoms with Crippen LogP contribution >= 0.6 is 11.6 Å². The third kappa shape index (κ3) is 3.91. The Balaban J connectivity index is 1.37. The molecule has 1 aromatic carbocycles. The largest absolute Gasteiger partial charge is 0.353 e. The van der Waals surface area contributed by atoms with Crippen LogP contribution in [0.4, 0.5) is 10.1 Å². The van der Waals surface area contributed by atoms with Crippen LogP contribution in [-0.4, -0.2) is 24.4 Å². The number of benzene rings is 1. The topological polar surface area (TPSA) is 49.4 Å². The smallest absolute Gasteiger partial charge is 0.230 e. The van der Waals surface area contributed by atoms with Crippen molar-refractivity contribution in [2.24, 2.45) is 11.8 Å². The quantitative estimate of drug-likeness (QED) is 0.795. The van der Waals surface area contributed by atoms with Gasteiger partial charge < -0.3 is 10.2 Å². The second-order valence-electron chi connectivity index (χ2n) is 8.49. The van der Waals surface area contributed by atoms with Gasteiger partial charge in [-0.25, -0.2) is 4.39 Å². The molecule has 1 heterocycles. The molecular formula is C22H28ClFN2O2. The van der Waals surface area contributed by atoms with E-state index in [1.54, 1.807) is 11.0 Å². The highest BCUT2D eigenvalue weighted by molar-refractivity contribution is 6.32. The summed E-state index contributed by atoms with van der Waals surface area (Å²) < 4.78 is 14.5.